The molecular weight excluding hydrogens is 544 g/mol. The fourth-order valence-corrected chi connectivity index (χ4v) is 7.70. The van der Waals surface area contributed by atoms with Gasteiger partial charge < -0.3 is 4.74 Å². The van der Waals surface area contributed by atoms with Crippen LogP contribution in [-0.2, 0) is 0 Å². The Morgan fingerprint density at radius 3 is 1.62 bits per heavy atom. The summed E-state index contributed by atoms with van der Waals surface area (Å²) in [6.07, 6.45) is 0. The zero-order valence-corrected chi connectivity index (χ0v) is 24.4. The minimum atomic E-state index is 0.897. The minimum absolute atomic E-state index is 0.897. The van der Waals surface area contributed by atoms with Gasteiger partial charge in [-0.2, -0.15) is 0 Å². The highest BCUT2D eigenvalue weighted by Crippen LogP contribution is 2.51. The van der Waals surface area contributed by atoms with Gasteiger partial charge in [-0.1, -0.05) is 140 Å². The molecule has 0 spiro atoms. The maximum atomic E-state index is 6.79. The fourth-order valence-electron chi connectivity index (χ4n) is 7.70. The lowest BCUT2D eigenvalue weighted by molar-refractivity contribution is 0.488. The predicted octanol–water partition coefficient (Wildman–Crippen LogP) is 12.6. The summed E-state index contributed by atoms with van der Waals surface area (Å²) in [4.78, 5) is 0. The molecule has 9 aromatic rings. The number of rotatable bonds is 2. The molecule has 0 aliphatic carbocycles. The van der Waals surface area contributed by atoms with Crippen LogP contribution in [0.25, 0.3) is 87.2 Å². The van der Waals surface area contributed by atoms with Gasteiger partial charge in [-0.25, -0.2) is 0 Å². The van der Waals surface area contributed by atoms with E-state index in [1.165, 1.54) is 76.1 Å². The third-order valence-electron chi connectivity index (χ3n) is 9.62. The zero-order chi connectivity index (χ0) is 29.5. The number of ether oxygens (including phenoxy) is 1. The van der Waals surface area contributed by atoms with Gasteiger partial charge >= 0.3 is 0 Å². The largest absolute Gasteiger partial charge is 0.456 e. The maximum absolute atomic E-state index is 6.79. The van der Waals surface area contributed by atoms with E-state index in [9.17, 15) is 0 Å². The van der Waals surface area contributed by atoms with Crippen LogP contribution in [0.3, 0.4) is 0 Å². The highest BCUT2D eigenvalue weighted by Gasteiger charge is 2.23. The molecule has 9 aromatic carbocycles. The SMILES string of the molecule is c1ccc2c(-c3c4ccccc4c(-c4ccc5c(c4)Oc4cc6ccccc6c6cccc-5c46)c4ccccc34)cccc2c1. The van der Waals surface area contributed by atoms with Crippen molar-refractivity contribution >= 4 is 53.9 Å². The summed E-state index contributed by atoms with van der Waals surface area (Å²) < 4.78 is 6.79. The zero-order valence-electron chi connectivity index (χ0n) is 24.4. The van der Waals surface area contributed by atoms with E-state index in [0.717, 1.165) is 22.6 Å². The van der Waals surface area contributed by atoms with Gasteiger partial charge in [0.25, 0.3) is 0 Å². The van der Waals surface area contributed by atoms with Crippen molar-refractivity contribution in [2.24, 2.45) is 0 Å². The van der Waals surface area contributed by atoms with Gasteiger partial charge in [-0.05, 0) is 94.5 Å². The standard InChI is InChI=1S/C44H26O/c1-3-14-30-27(11-1)13-9-20-33(30)43-38-18-7-5-16-36(38)42(37-17-6-8-19-39(37)43)29-23-24-32-35-22-10-21-34-31-15-4-2-12-28(31)25-41(44(34)35)45-40(32)26-29/h1-26H. The molecule has 45 heavy (non-hydrogen) atoms. The molecule has 0 bridgehead atoms. The van der Waals surface area contributed by atoms with Crippen molar-refractivity contribution in [2.45, 2.75) is 0 Å². The summed E-state index contributed by atoms with van der Waals surface area (Å²) in [7, 11) is 0. The first-order chi connectivity index (χ1) is 22.3. The van der Waals surface area contributed by atoms with Gasteiger partial charge in [0.05, 0.1) is 0 Å². The Morgan fingerprint density at radius 2 is 0.867 bits per heavy atom. The number of benzene rings is 9. The molecule has 208 valence electrons. The van der Waals surface area contributed by atoms with Gasteiger partial charge in [0, 0.05) is 10.9 Å². The Kier molecular flexibility index (Phi) is 5.06. The fraction of sp³-hybridized carbons (Fsp3) is 0. The minimum Gasteiger partial charge on any atom is -0.456 e. The molecular formula is C44H26O. The van der Waals surface area contributed by atoms with Crippen LogP contribution in [0.5, 0.6) is 11.5 Å². The molecule has 0 saturated carbocycles. The van der Waals surface area contributed by atoms with Crippen LogP contribution in [0, 0.1) is 0 Å². The van der Waals surface area contributed by atoms with Crippen molar-refractivity contribution in [1.29, 1.82) is 0 Å². The van der Waals surface area contributed by atoms with Crippen molar-refractivity contribution in [3.63, 3.8) is 0 Å². The smallest absolute Gasteiger partial charge is 0.136 e. The molecule has 1 heteroatoms. The molecule has 0 aromatic heterocycles. The molecule has 1 aliphatic rings. The van der Waals surface area contributed by atoms with Crippen molar-refractivity contribution in [2.75, 3.05) is 0 Å². The van der Waals surface area contributed by atoms with E-state index in [0.29, 0.717) is 0 Å². The highest BCUT2D eigenvalue weighted by atomic mass is 16.5. The van der Waals surface area contributed by atoms with Crippen molar-refractivity contribution < 1.29 is 4.74 Å². The van der Waals surface area contributed by atoms with Gasteiger partial charge in [-0.3, -0.25) is 0 Å². The van der Waals surface area contributed by atoms with Crippen LogP contribution in [0.1, 0.15) is 0 Å². The lowest BCUT2D eigenvalue weighted by atomic mass is 9.84. The Bertz CT molecular complexity index is 2620. The molecule has 10 rings (SSSR count). The van der Waals surface area contributed by atoms with E-state index in [2.05, 4.69) is 158 Å². The first-order valence-electron chi connectivity index (χ1n) is 15.5. The van der Waals surface area contributed by atoms with Crippen LogP contribution in [0.4, 0.5) is 0 Å². The van der Waals surface area contributed by atoms with Crippen molar-refractivity contribution in [1.82, 2.24) is 0 Å². The monoisotopic (exact) mass is 570 g/mol. The van der Waals surface area contributed by atoms with Gasteiger partial charge in [0.1, 0.15) is 11.5 Å². The van der Waals surface area contributed by atoms with Crippen LogP contribution >= 0.6 is 0 Å². The predicted molar refractivity (Wildman–Crippen MR) is 190 cm³/mol. The number of hydrogen-bond acceptors (Lipinski definition) is 1. The molecule has 0 unspecified atom stereocenters. The highest BCUT2D eigenvalue weighted by molar-refractivity contribution is 6.24. The molecule has 0 N–H and O–H groups in total. The molecule has 1 nitrogen and oxygen atoms in total. The lowest BCUT2D eigenvalue weighted by Crippen LogP contribution is -1.98. The quantitative estimate of drug-likeness (QED) is 0.148. The summed E-state index contributed by atoms with van der Waals surface area (Å²) in [5.41, 5.74) is 7.29. The Hall–Kier alpha value is -5.92. The van der Waals surface area contributed by atoms with Crippen molar-refractivity contribution in [3.05, 3.63) is 158 Å². The van der Waals surface area contributed by atoms with Gasteiger partial charge in [-0.15, -0.1) is 0 Å². The van der Waals surface area contributed by atoms with Crippen LogP contribution in [-0.4, -0.2) is 0 Å². The summed E-state index contributed by atoms with van der Waals surface area (Å²) in [5.74, 6) is 1.82. The molecule has 1 aliphatic heterocycles. The second-order valence-corrected chi connectivity index (χ2v) is 12.0. The van der Waals surface area contributed by atoms with E-state index in [1.807, 2.05) is 0 Å². The Morgan fingerprint density at radius 1 is 0.311 bits per heavy atom. The molecule has 0 amide bonds. The molecule has 0 fully saturated rings. The number of hydrogen-bond donors (Lipinski definition) is 0. The molecule has 1 heterocycles. The van der Waals surface area contributed by atoms with Crippen LogP contribution < -0.4 is 4.74 Å². The van der Waals surface area contributed by atoms with Crippen molar-refractivity contribution in [3.8, 4) is 44.9 Å². The third-order valence-corrected chi connectivity index (χ3v) is 9.62. The van der Waals surface area contributed by atoms with Crippen LogP contribution in [0.15, 0.2) is 158 Å². The van der Waals surface area contributed by atoms with E-state index < -0.39 is 0 Å². The van der Waals surface area contributed by atoms with E-state index in [1.54, 1.807) is 0 Å². The Labute approximate surface area is 260 Å². The van der Waals surface area contributed by atoms with Gasteiger partial charge in [0.15, 0.2) is 0 Å². The normalized spacial score (nSPS) is 12.2. The third kappa shape index (κ3) is 3.50. The summed E-state index contributed by atoms with van der Waals surface area (Å²) in [6, 6.07) is 57.2. The summed E-state index contributed by atoms with van der Waals surface area (Å²) in [5, 5.41) is 12.4. The summed E-state index contributed by atoms with van der Waals surface area (Å²) >= 11 is 0. The second kappa shape index (κ2) is 9.29. The first-order valence-corrected chi connectivity index (χ1v) is 15.5. The topological polar surface area (TPSA) is 9.23 Å². The average Bonchev–Trinajstić information content (AvgIpc) is 3.10. The van der Waals surface area contributed by atoms with E-state index in [-0.39, 0.29) is 0 Å². The molecule has 0 saturated heterocycles. The first kappa shape index (κ1) is 24.5. The van der Waals surface area contributed by atoms with Gasteiger partial charge in [0.2, 0.25) is 0 Å². The second-order valence-electron chi connectivity index (χ2n) is 12.0. The average molecular weight is 571 g/mol. The summed E-state index contributed by atoms with van der Waals surface area (Å²) in [6.45, 7) is 0. The van der Waals surface area contributed by atoms with Crippen LogP contribution in [0.2, 0.25) is 0 Å². The Balaban J connectivity index is 1.25. The maximum Gasteiger partial charge on any atom is 0.136 e. The van der Waals surface area contributed by atoms with E-state index in [4.69, 9.17) is 4.74 Å². The molecule has 0 radical (unpaired) electrons. The lowest BCUT2D eigenvalue weighted by Gasteiger charge is -2.24. The van der Waals surface area contributed by atoms with E-state index >= 15 is 0 Å². The molecule has 0 atom stereocenters. The number of fused-ring (bicyclic) bond motifs is 7.